The normalized spacial score (nSPS) is 16.5. The van der Waals surface area contributed by atoms with Crippen LogP contribution in [0, 0.1) is 6.92 Å². The number of hydrazone groups is 1. The second kappa shape index (κ2) is 9.82. The Bertz CT molecular complexity index is 1070. The van der Waals surface area contributed by atoms with Crippen LogP contribution in [0.25, 0.3) is 0 Å². The molecule has 0 saturated carbocycles. The molecule has 4 rings (SSSR count). The Kier molecular flexibility index (Phi) is 6.68. The first-order chi connectivity index (χ1) is 15.9. The van der Waals surface area contributed by atoms with Crippen LogP contribution in [0.2, 0.25) is 0 Å². The summed E-state index contributed by atoms with van der Waals surface area (Å²) < 4.78 is 5.47. The van der Waals surface area contributed by atoms with Crippen molar-refractivity contribution in [2.75, 3.05) is 36.6 Å². The summed E-state index contributed by atoms with van der Waals surface area (Å²) in [7, 11) is 0. The van der Waals surface area contributed by atoms with Crippen LogP contribution in [0.4, 0.5) is 16.6 Å². The summed E-state index contributed by atoms with van der Waals surface area (Å²) >= 11 is 0. The SMILES string of the molecule is Cc1cccc(/C=N/Nc2nc3c(c(N4CCOCC4)n2)CN(C(=O)[C@H](C)NC(=O)O)C3)c1. The third kappa shape index (κ3) is 5.37. The Hall–Kier alpha value is -3.73. The largest absolute Gasteiger partial charge is 0.465 e. The Morgan fingerprint density at radius 1 is 1.24 bits per heavy atom. The van der Waals surface area contributed by atoms with Gasteiger partial charge in [-0.2, -0.15) is 10.1 Å². The van der Waals surface area contributed by atoms with Crippen LogP contribution in [0.1, 0.15) is 29.3 Å². The highest BCUT2D eigenvalue weighted by molar-refractivity contribution is 5.85. The number of carbonyl (C=O) groups is 2. The first-order valence-corrected chi connectivity index (χ1v) is 10.8. The quantitative estimate of drug-likeness (QED) is 0.444. The summed E-state index contributed by atoms with van der Waals surface area (Å²) in [5, 5.41) is 15.4. The van der Waals surface area contributed by atoms with Crippen molar-refractivity contribution < 1.29 is 19.4 Å². The topological polar surface area (TPSA) is 132 Å². The van der Waals surface area contributed by atoms with Gasteiger partial charge in [-0.15, -0.1) is 0 Å². The minimum absolute atomic E-state index is 0.274. The third-order valence-electron chi connectivity index (χ3n) is 5.51. The second-order valence-corrected chi connectivity index (χ2v) is 8.05. The zero-order valence-electron chi connectivity index (χ0n) is 18.6. The number of nitrogens with one attached hydrogen (secondary N) is 2. The van der Waals surface area contributed by atoms with Gasteiger partial charge in [0.15, 0.2) is 0 Å². The lowest BCUT2D eigenvalue weighted by molar-refractivity contribution is -0.133. The van der Waals surface area contributed by atoms with Crippen molar-refractivity contribution in [1.82, 2.24) is 20.2 Å². The van der Waals surface area contributed by atoms with E-state index in [4.69, 9.17) is 14.8 Å². The van der Waals surface area contributed by atoms with Gasteiger partial charge >= 0.3 is 6.09 Å². The first-order valence-electron chi connectivity index (χ1n) is 10.8. The Balaban J connectivity index is 1.57. The fourth-order valence-electron chi connectivity index (χ4n) is 3.92. The van der Waals surface area contributed by atoms with Crippen LogP contribution < -0.4 is 15.6 Å². The van der Waals surface area contributed by atoms with Crippen LogP contribution in [0.5, 0.6) is 0 Å². The second-order valence-electron chi connectivity index (χ2n) is 8.05. The number of morpholine rings is 1. The number of rotatable bonds is 6. The van der Waals surface area contributed by atoms with Crippen LogP contribution in [0.3, 0.4) is 0 Å². The van der Waals surface area contributed by atoms with E-state index in [0.29, 0.717) is 38.8 Å². The molecule has 2 aliphatic heterocycles. The van der Waals surface area contributed by atoms with E-state index in [1.54, 1.807) is 11.1 Å². The molecule has 1 aromatic heterocycles. The molecule has 1 fully saturated rings. The summed E-state index contributed by atoms with van der Waals surface area (Å²) in [5.41, 5.74) is 6.58. The number of ether oxygens (including phenoxy) is 1. The summed E-state index contributed by atoms with van der Waals surface area (Å²) in [6.45, 7) is 6.68. The maximum atomic E-state index is 12.8. The zero-order chi connectivity index (χ0) is 23.4. The van der Waals surface area contributed by atoms with Crippen molar-refractivity contribution in [2.24, 2.45) is 5.10 Å². The fourth-order valence-corrected chi connectivity index (χ4v) is 3.92. The van der Waals surface area contributed by atoms with E-state index < -0.39 is 12.1 Å². The molecule has 1 saturated heterocycles. The van der Waals surface area contributed by atoms with E-state index in [9.17, 15) is 9.59 Å². The number of nitrogens with zero attached hydrogens (tertiary/aromatic N) is 5. The Morgan fingerprint density at radius 2 is 2.03 bits per heavy atom. The minimum Gasteiger partial charge on any atom is -0.465 e. The lowest BCUT2D eigenvalue weighted by Gasteiger charge is -2.29. The molecule has 0 radical (unpaired) electrons. The number of fused-ring (bicyclic) bond motifs is 1. The van der Waals surface area contributed by atoms with Gasteiger partial charge in [0.25, 0.3) is 0 Å². The maximum absolute atomic E-state index is 12.8. The standard InChI is InChI=1S/C22H27N7O4/c1-14-4-3-5-16(10-14)11-23-27-21-25-18-13-29(20(30)15(2)24-22(31)32)12-17(18)19(26-21)28-6-8-33-9-7-28/h3-5,10-11,15,24H,6-9,12-13H2,1-2H3,(H,31,32)(H,25,26,27)/b23-11+/t15-/m0/s1. The van der Waals surface area contributed by atoms with Gasteiger partial charge in [0, 0.05) is 18.7 Å². The average molecular weight is 454 g/mol. The lowest BCUT2D eigenvalue weighted by atomic mass is 10.2. The van der Waals surface area contributed by atoms with E-state index in [0.717, 1.165) is 28.2 Å². The van der Waals surface area contributed by atoms with Gasteiger partial charge in [0.2, 0.25) is 11.9 Å². The van der Waals surface area contributed by atoms with Gasteiger partial charge in [-0.25, -0.2) is 15.2 Å². The van der Waals surface area contributed by atoms with Crippen molar-refractivity contribution in [3.05, 3.63) is 46.6 Å². The van der Waals surface area contributed by atoms with Crippen molar-refractivity contribution in [3.63, 3.8) is 0 Å². The molecule has 0 spiro atoms. The average Bonchev–Trinajstić information content (AvgIpc) is 3.22. The van der Waals surface area contributed by atoms with Gasteiger partial charge in [-0.1, -0.05) is 29.8 Å². The van der Waals surface area contributed by atoms with Gasteiger partial charge in [0.1, 0.15) is 11.9 Å². The van der Waals surface area contributed by atoms with Gasteiger partial charge < -0.3 is 25.0 Å². The van der Waals surface area contributed by atoms with E-state index in [1.807, 2.05) is 31.2 Å². The van der Waals surface area contributed by atoms with Crippen LogP contribution in [-0.2, 0) is 22.6 Å². The molecule has 11 nitrogen and oxygen atoms in total. The summed E-state index contributed by atoms with van der Waals surface area (Å²) in [5.74, 6) is 0.770. The number of hydrogen-bond acceptors (Lipinski definition) is 8. The number of aromatic nitrogens is 2. The first kappa shape index (κ1) is 22.5. The Labute approximate surface area is 191 Å². The number of aryl methyl sites for hydroxylation is 1. The number of hydrogen-bond donors (Lipinski definition) is 3. The molecule has 2 aromatic rings. The van der Waals surface area contributed by atoms with Gasteiger partial charge in [0.05, 0.1) is 38.2 Å². The van der Waals surface area contributed by atoms with Crippen molar-refractivity contribution in [2.45, 2.75) is 33.0 Å². The molecular formula is C22H27N7O4. The van der Waals surface area contributed by atoms with Crippen LogP contribution >= 0.6 is 0 Å². The third-order valence-corrected chi connectivity index (χ3v) is 5.51. The Morgan fingerprint density at radius 3 is 2.76 bits per heavy atom. The molecule has 11 heteroatoms. The predicted molar refractivity (Wildman–Crippen MR) is 122 cm³/mol. The zero-order valence-corrected chi connectivity index (χ0v) is 18.6. The molecular weight excluding hydrogens is 426 g/mol. The minimum atomic E-state index is -1.24. The molecule has 3 N–H and O–H groups in total. The maximum Gasteiger partial charge on any atom is 0.405 e. The predicted octanol–water partition coefficient (Wildman–Crippen LogP) is 1.57. The summed E-state index contributed by atoms with van der Waals surface area (Å²) in [6, 6.07) is 7.10. The monoisotopic (exact) mass is 453 g/mol. The van der Waals surface area contributed by atoms with E-state index >= 15 is 0 Å². The molecule has 0 unspecified atom stereocenters. The highest BCUT2D eigenvalue weighted by Gasteiger charge is 2.33. The molecule has 0 bridgehead atoms. The van der Waals surface area contributed by atoms with Gasteiger partial charge in [-0.05, 0) is 19.4 Å². The molecule has 3 heterocycles. The highest BCUT2D eigenvalue weighted by Crippen LogP contribution is 2.31. The van der Waals surface area contributed by atoms with Crippen molar-refractivity contribution in [3.8, 4) is 0 Å². The van der Waals surface area contributed by atoms with Crippen molar-refractivity contribution in [1.29, 1.82) is 0 Å². The highest BCUT2D eigenvalue weighted by atomic mass is 16.5. The molecule has 0 aliphatic carbocycles. The summed E-state index contributed by atoms with van der Waals surface area (Å²) in [6.07, 6.45) is 0.465. The number of anilines is 2. The van der Waals surface area contributed by atoms with Crippen molar-refractivity contribution >= 4 is 30.0 Å². The lowest BCUT2D eigenvalue weighted by Crippen LogP contribution is -2.44. The smallest absolute Gasteiger partial charge is 0.405 e. The molecule has 1 atom stereocenters. The number of benzene rings is 1. The van der Waals surface area contributed by atoms with E-state index in [-0.39, 0.29) is 12.5 Å². The van der Waals surface area contributed by atoms with E-state index in [1.165, 1.54) is 6.92 Å². The molecule has 174 valence electrons. The van der Waals surface area contributed by atoms with Crippen LogP contribution in [0.15, 0.2) is 29.4 Å². The molecule has 1 aromatic carbocycles. The molecule has 2 amide bonds. The molecule has 2 aliphatic rings. The number of carbonyl (C=O) groups excluding carboxylic acids is 1. The van der Waals surface area contributed by atoms with Gasteiger partial charge in [-0.3, -0.25) is 4.79 Å². The summed E-state index contributed by atoms with van der Waals surface area (Å²) in [4.78, 5) is 36.7. The van der Waals surface area contributed by atoms with E-state index in [2.05, 4.69) is 25.7 Å². The fraction of sp³-hybridized carbons (Fsp3) is 0.409. The number of carboxylic acid groups (broad SMARTS) is 1. The van der Waals surface area contributed by atoms with Crippen LogP contribution in [-0.4, -0.2) is 70.5 Å². The number of amides is 2. The molecule has 33 heavy (non-hydrogen) atoms.